The molecule has 0 aliphatic heterocycles. The van der Waals surface area contributed by atoms with Gasteiger partial charge in [0.25, 0.3) is 0 Å². The molecule has 0 aliphatic carbocycles. The van der Waals surface area contributed by atoms with Crippen molar-refractivity contribution < 1.29 is 16.8 Å². The first-order chi connectivity index (χ1) is 15.3. The summed E-state index contributed by atoms with van der Waals surface area (Å²) in [5.41, 5.74) is 2.42. The fraction of sp³-hybridized carbons (Fsp3) is 0.538. The molecule has 0 aromatic heterocycles. The van der Waals surface area contributed by atoms with Crippen molar-refractivity contribution in [1.29, 1.82) is 0 Å². The topological polar surface area (TPSA) is 68.3 Å². The van der Waals surface area contributed by atoms with Crippen molar-refractivity contribution in [2.24, 2.45) is 0 Å². The summed E-state index contributed by atoms with van der Waals surface area (Å²) in [5, 5.41) is -0.540. The Hall–Kier alpha value is -0.930. The first kappa shape index (κ1) is 30.1. The molecule has 0 spiro atoms. The van der Waals surface area contributed by atoms with E-state index in [0.717, 1.165) is 0 Å². The Morgan fingerprint density at radius 1 is 0.606 bits per heavy atom. The lowest BCUT2D eigenvalue weighted by atomic mass is 9.99. The second kappa shape index (κ2) is 13.8. The van der Waals surface area contributed by atoms with Gasteiger partial charge in [0.05, 0.1) is 22.0 Å². The Morgan fingerprint density at radius 2 is 0.970 bits per heavy atom. The molecule has 4 nitrogen and oxygen atoms in total. The van der Waals surface area contributed by atoms with Gasteiger partial charge >= 0.3 is 0 Å². The molecule has 0 fully saturated rings. The van der Waals surface area contributed by atoms with E-state index < -0.39 is 19.7 Å². The molecule has 0 aliphatic rings. The summed E-state index contributed by atoms with van der Waals surface area (Å²) in [6.07, 6.45) is 1.39. The third-order valence-electron chi connectivity index (χ3n) is 5.91. The second-order valence-electron chi connectivity index (χ2n) is 9.17. The lowest BCUT2D eigenvalue weighted by Crippen LogP contribution is -2.18. The van der Waals surface area contributed by atoms with Gasteiger partial charge in [-0.3, -0.25) is 0 Å². The number of sulfone groups is 2. The Bertz CT molecular complexity index is 1030. The Labute approximate surface area is 215 Å². The molecular weight excluding hydrogens is 567 g/mol. The van der Waals surface area contributed by atoms with Crippen molar-refractivity contribution in [1.82, 2.24) is 0 Å². The first-order valence-electron chi connectivity index (χ1n) is 11.5. The summed E-state index contributed by atoms with van der Waals surface area (Å²) in [7, 11) is -5.81. The Kier molecular flexibility index (Phi) is 12.6. The van der Waals surface area contributed by atoms with Gasteiger partial charge in [-0.2, -0.15) is 0 Å². The van der Waals surface area contributed by atoms with E-state index in [1.165, 1.54) is 14.7 Å². The fourth-order valence-electron chi connectivity index (χ4n) is 3.06. The minimum absolute atomic E-state index is 0.268. The summed E-state index contributed by atoms with van der Waals surface area (Å²) in [4.78, 5) is 0. The number of halogens is 1. The predicted octanol–water partition coefficient (Wildman–Crippen LogP) is 6.61. The average Bonchev–Trinajstić information content (AvgIpc) is 2.77. The molecule has 33 heavy (non-hydrogen) atoms. The summed E-state index contributed by atoms with van der Waals surface area (Å²) >= 11 is 2.27. The third-order valence-corrected chi connectivity index (χ3v) is 11.1. The zero-order chi connectivity index (χ0) is 25.2. The maximum atomic E-state index is 11.7. The van der Waals surface area contributed by atoms with Gasteiger partial charge in [0.2, 0.25) is 0 Å². The summed E-state index contributed by atoms with van der Waals surface area (Å²) in [6, 6.07) is 18.3. The molecule has 0 unspecified atom stereocenters. The van der Waals surface area contributed by atoms with Crippen LogP contribution in [-0.2, 0) is 19.7 Å². The van der Waals surface area contributed by atoms with Crippen molar-refractivity contribution in [3.05, 3.63) is 69.3 Å². The predicted molar refractivity (Wildman–Crippen MR) is 150 cm³/mol. The van der Waals surface area contributed by atoms with E-state index in [-0.39, 0.29) is 22.0 Å². The van der Waals surface area contributed by atoms with Gasteiger partial charge in [-0.15, -0.1) is 0 Å². The molecule has 2 aromatic rings. The van der Waals surface area contributed by atoms with Crippen LogP contribution in [0.15, 0.2) is 54.6 Å². The zero-order valence-corrected chi connectivity index (χ0v) is 24.5. The van der Waals surface area contributed by atoms with Crippen LogP contribution in [-0.4, -0.2) is 38.8 Å². The van der Waals surface area contributed by atoms with Crippen LogP contribution < -0.4 is 0 Å². The average molecular weight is 607 g/mol. The third kappa shape index (κ3) is 10.9. The monoisotopic (exact) mass is 606 g/mol. The van der Waals surface area contributed by atoms with Crippen LogP contribution in [0.4, 0.5) is 0 Å². The molecule has 0 saturated carbocycles. The summed E-state index contributed by atoms with van der Waals surface area (Å²) in [6.45, 7) is 11.1. The molecule has 0 radical (unpaired) electrons. The molecule has 0 saturated heterocycles. The zero-order valence-electron chi connectivity index (χ0n) is 20.7. The Morgan fingerprint density at radius 3 is 1.33 bits per heavy atom. The van der Waals surface area contributed by atoms with Gasteiger partial charge in [-0.25, -0.2) is 16.8 Å². The lowest BCUT2D eigenvalue weighted by molar-refractivity contribution is 0.578. The maximum absolute atomic E-state index is 11.7. The maximum Gasteiger partial charge on any atom is 0.152 e. The van der Waals surface area contributed by atoms with Crippen LogP contribution in [0.2, 0.25) is 0 Å². The molecule has 0 heterocycles. The first-order valence-corrected chi connectivity index (χ1v) is 16.0. The van der Waals surface area contributed by atoms with Crippen molar-refractivity contribution in [2.45, 2.75) is 76.7 Å². The van der Waals surface area contributed by atoms with Crippen LogP contribution in [0.1, 0.15) is 77.3 Å². The normalized spacial score (nSPS) is 14.0. The highest BCUT2D eigenvalue weighted by molar-refractivity contribution is 14.1. The van der Waals surface area contributed by atoms with Crippen molar-refractivity contribution in [2.75, 3.05) is 11.5 Å². The van der Waals surface area contributed by atoms with E-state index in [1.807, 2.05) is 30.3 Å². The van der Waals surface area contributed by atoms with Crippen LogP contribution in [0.5, 0.6) is 0 Å². The molecule has 2 aromatic carbocycles. The van der Waals surface area contributed by atoms with Crippen molar-refractivity contribution in [3.63, 3.8) is 0 Å². The van der Waals surface area contributed by atoms with Gasteiger partial charge in [0.15, 0.2) is 19.7 Å². The molecule has 0 amide bonds. The lowest BCUT2D eigenvalue weighted by Gasteiger charge is -2.13. The van der Waals surface area contributed by atoms with Crippen molar-refractivity contribution in [3.8, 4) is 0 Å². The standard InChI is InChI=1S/C13H19IO2S.C13H20O2S/c1-10(2)17(15,16)9-8-11(3)12-4-6-13(14)7-5-12;1-11(2)16(14,15)10-9-12(3)13-7-5-4-6-8-13/h4-7,10-11H,8-9H2,1-3H3;4-8,11-12H,9-10H2,1-3H3/t11-;12-/m00/s1. The quantitative estimate of drug-likeness (QED) is 0.286. The highest BCUT2D eigenvalue weighted by Gasteiger charge is 2.18. The SMILES string of the molecule is CC(C)S(=O)(=O)CC[C@H](C)c1ccc(I)cc1.CC(C)S(=O)(=O)CC[C@H](C)c1ccccc1. The molecule has 0 N–H and O–H groups in total. The van der Waals surface area contributed by atoms with E-state index in [4.69, 9.17) is 0 Å². The van der Waals surface area contributed by atoms with E-state index in [2.05, 4.69) is 60.7 Å². The highest BCUT2D eigenvalue weighted by Crippen LogP contribution is 2.22. The van der Waals surface area contributed by atoms with Crippen molar-refractivity contribution >= 4 is 42.3 Å². The molecule has 2 atom stereocenters. The fourth-order valence-corrected chi connectivity index (χ4v) is 5.73. The Balaban J connectivity index is 0.000000331. The molecule has 0 bridgehead atoms. The van der Waals surface area contributed by atoms with E-state index in [1.54, 1.807) is 27.7 Å². The van der Waals surface area contributed by atoms with Crippen LogP contribution in [0.25, 0.3) is 0 Å². The van der Waals surface area contributed by atoms with E-state index in [0.29, 0.717) is 24.7 Å². The van der Waals surface area contributed by atoms with Gasteiger partial charge in [-0.1, -0.05) is 56.3 Å². The van der Waals surface area contributed by atoms with Crippen LogP contribution in [0, 0.1) is 3.57 Å². The van der Waals surface area contributed by atoms with Crippen LogP contribution >= 0.6 is 22.6 Å². The number of rotatable bonds is 10. The highest BCUT2D eigenvalue weighted by atomic mass is 127. The molecular formula is C26H39IO4S2. The second-order valence-corrected chi connectivity index (χ2v) is 15.8. The van der Waals surface area contributed by atoms with Gasteiger partial charge in [0.1, 0.15) is 0 Å². The number of hydrogen-bond acceptors (Lipinski definition) is 4. The molecule has 186 valence electrons. The number of hydrogen-bond donors (Lipinski definition) is 0. The summed E-state index contributed by atoms with van der Waals surface area (Å²) < 4.78 is 48.0. The van der Waals surface area contributed by atoms with Gasteiger partial charge in [-0.05, 0) is 98.2 Å². The van der Waals surface area contributed by atoms with Gasteiger partial charge in [0, 0.05) is 3.57 Å². The van der Waals surface area contributed by atoms with Gasteiger partial charge < -0.3 is 0 Å². The molecule has 2 rings (SSSR count). The van der Waals surface area contributed by atoms with E-state index >= 15 is 0 Å². The summed E-state index contributed by atoms with van der Waals surface area (Å²) in [5.74, 6) is 1.15. The smallest absolute Gasteiger partial charge is 0.152 e. The minimum atomic E-state index is -2.91. The largest absolute Gasteiger partial charge is 0.229 e. The number of benzene rings is 2. The molecule has 7 heteroatoms. The van der Waals surface area contributed by atoms with E-state index in [9.17, 15) is 16.8 Å². The van der Waals surface area contributed by atoms with Crippen LogP contribution in [0.3, 0.4) is 0 Å². The minimum Gasteiger partial charge on any atom is -0.229 e.